The Morgan fingerprint density at radius 1 is 1.39 bits per heavy atom. The number of likely N-dealkylation sites (N-methyl/N-ethyl adjacent to an activating group) is 1. The lowest BCUT2D eigenvalue weighted by Gasteiger charge is -2.28. The molecule has 0 spiro atoms. The average Bonchev–Trinajstić information content (AvgIpc) is 2.35. The molecule has 0 aliphatic carbocycles. The van der Waals surface area contributed by atoms with Gasteiger partial charge < -0.3 is 10.5 Å². The predicted molar refractivity (Wildman–Crippen MR) is 77.4 cm³/mol. The summed E-state index contributed by atoms with van der Waals surface area (Å²) in [6.45, 7) is 4.68. The fourth-order valence-corrected chi connectivity index (χ4v) is 2.25. The van der Waals surface area contributed by atoms with Crippen LogP contribution in [0.15, 0.2) is 18.2 Å². The number of benzene rings is 1. The third-order valence-electron chi connectivity index (χ3n) is 2.86. The van der Waals surface area contributed by atoms with Gasteiger partial charge in [-0.15, -0.1) is 0 Å². The van der Waals surface area contributed by atoms with Crippen LogP contribution in [-0.4, -0.2) is 38.3 Å². The molecule has 5 heteroatoms. The Balaban J connectivity index is 2.78. The maximum Gasteiger partial charge on any atom is 0.0593 e. The van der Waals surface area contributed by atoms with Gasteiger partial charge in [0.1, 0.15) is 0 Å². The quantitative estimate of drug-likeness (QED) is 0.785. The summed E-state index contributed by atoms with van der Waals surface area (Å²) in [5, 5.41) is 1.36. The normalized spacial score (nSPS) is 13.0. The molecule has 1 aromatic carbocycles. The Morgan fingerprint density at radius 3 is 2.72 bits per heavy atom. The highest BCUT2D eigenvalue weighted by atomic mass is 35.5. The van der Waals surface area contributed by atoms with Crippen LogP contribution >= 0.6 is 23.2 Å². The Hall–Kier alpha value is -0.320. The standard InChI is InChI=1S/C13H20Cl2N2O/c1-3-18-7-6-17(2)13(9-16)11-8-10(14)4-5-12(11)15/h4-5,8,13H,3,6-7,9,16H2,1-2H3. The lowest BCUT2D eigenvalue weighted by atomic mass is 10.1. The monoisotopic (exact) mass is 290 g/mol. The van der Waals surface area contributed by atoms with Crippen LogP contribution in [0.3, 0.4) is 0 Å². The minimum Gasteiger partial charge on any atom is -0.380 e. The van der Waals surface area contributed by atoms with Gasteiger partial charge in [-0.3, -0.25) is 4.90 Å². The van der Waals surface area contributed by atoms with Crippen LogP contribution in [0, 0.1) is 0 Å². The number of hydrogen-bond acceptors (Lipinski definition) is 3. The summed E-state index contributed by atoms with van der Waals surface area (Å²) in [7, 11) is 2.01. The van der Waals surface area contributed by atoms with Crippen molar-refractivity contribution in [2.45, 2.75) is 13.0 Å². The van der Waals surface area contributed by atoms with Gasteiger partial charge in [0.05, 0.1) is 6.61 Å². The minimum absolute atomic E-state index is 0.0525. The summed E-state index contributed by atoms with van der Waals surface area (Å²) in [6.07, 6.45) is 0. The summed E-state index contributed by atoms with van der Waals surface area (Å²) >= 11 is 12.2. The van der Waals surface area contributed by atoms with E-state index in [1.54, 1.807) is 12.1 Å². The average molecular weight is 291 g/mol. The molecular weight excluding hydrogens is 271 g/mol. The number of nitrogens with two attached hydrogens (primary N) is 1. The van der Waals surface area contributed by atoms with Crippen LogP contribution < -0.4 is 5.73 Å². The molecule has 0 fully saturated rings. The van der Waals surface area contributed by atoms with Crippen molar-refractivity contribution in [1.82, 2.24) is 4.90 Å². The first-order valence-electron chi connectivity index (χ1n) is 6.03. The van der Waals surface area contributed by atoms with E-state index in [0.717, 1.165) is 18.7 Å². The van der Waals surface area contributed by atoms with E-state index in [-0.39, 0.29) is 6.04 Å². The number of rotatable bonds is 7. The first-order chi connectivity index (χ1) is 8.60. The zero-order valence-corrected chi connectivity index (χ0v) is 12.3. The summed E-state index contributed by atoms with van der Waals surface area (Å²) in [4.78, 5) is 2.13. The van der Waals surface area contributed by atoms with Gasteiger partial charge in [0, 0.05) is 35.8 Å². The molecule has 0 heterocycles. The summed E-state index contributed by atoms with van der Waals surface area (Å²) < 4.78 is 5.35. The van der Waals surface area contributed by atoms with Crippen LogP contribution in [0.4, 0.5) is 0 Å². The molecule has 1 unspecified atom stereocenters. The highest BCUT2D eigenvalue weighted by molar-refractivity contribution is 6.33. The van der Waals surface area contributed by atoms with Crippen LogP contribution in [-0.2, 0) is 4.74 Å². The SMILES string of the molecule is CCOCCN(C)C(CN)c1cc(Cl)ccc1Cl. The zero-order chi connectivity index (χ0) is 13.5. The third-order valence-corrected chi connectivity index (χ3v) is 3.44. The van der Waals surface area contributed by atoms with Gasteiger partial charge in [-0.05, 0) is 37.7 Å². The lowest BCUT2D eigenvalue weighted by molar-refractivity contribution is 0.108. The molecule has 0 radical (unpaired) electrons. The summed E-state index contributed by atoms with van der Waals surface area (Å²) in [5.74, 6) is 0. The third kappa shape index (κ3) is 4.41. The van der Waals surface area contributed by atoms with Gasteiger partial charge in [-0.25, -0.2) is 0 Å². The molecule has 1 aromatic rings. The molecule has 102 valence electrons. The van der Waals surface area contributed by atoms with Crippen molar-refractivity contribution < 1.29 is 4.74 Å². The van der Waals surface area contributed by atoms with E-state index in [2.05, 4.69) is 4.90 Å². The van der Waals surface area contributed by atoms with Crippen LogP contribution in [0.5, 0.6) is 0 Å². The second-order valence-electron chi connectivity index (χ2n) is 4.09. The molecule has 0 amide bonds. The first kappa shape index (κ1) is 15.7. The van der Waals surface area contributed by atoms with E-state index in [1.165, 1.54) is 0 Å². The van der Waals surface area contributed by atoms with Crippen molar-refractivity contribution in [2.24, 2.45) is 5.73 Å². The van der Waals surface area contributed by atoms with Crippen molar-refractivity contribution in [1.29, 1.82) is 0 Å². The van der Waals surface area contributed by atoms with E-state index < -0.39 is 0 Å². The fourth-order valence-electron chi connectivity index (χ4n) is 1.82. The topological polar surface area (TPSA) is 38.5 Å². The fraction of sp³-hybridized carbons (Fsp3) is 0.538. The van der Waals surface area contributed by atoms with Crippen LogP contribution in [0.2, 0.25) is 10.0 Å². The van der Waals surface area contributed by atoms with E-state index in [0.29, 0.717) is 23.2 Å². The predicted octanol–water partition coefficient (Wildman–Crippen LogP) is 2.96. The molecule has 0 saturated heterocycles. The number of hydrogen-bond donors (Lipinski definition) is 1. The van der Waals surface area contributed by atoms with Crippen molar-refractivity contribution in [2.75, 3.05) is 33.4 Å². The number of halogens is 2. The Bertz CT molecular complexity index is 374. The minimum atomic E-state index is 0.0525. The molecule has 0 bridgehead atoms. The molecule has 0 saturated carbocycles. The van der Waals surface area contributed by atoms with Gasteiger partial charge >= 0.3 is 0 Å². The van der Waals surface area contributed by atoms with Gasteiger partial charge in [-0.1, -0.05) is 23.2 Å². The summed E-state index contributed by atoms with van der Waals surface area (Å²) in [6, 6.07) is 5.51. The van der Waals surface area contributed by atoms with Crippen molar-refractivity contribution in [3.05, 3.63) is 33.8 Å². The smallest absolute Gasteiger partial charge is 0.0593 e. The van der Waals surface area contributed by atoms with E-state index in [9.17, 15) is 0 Å². The molecule has 2 N–H and O–H groups in total. The maximum absolute atomic E-state index is 6.20. The van der Waals surface area contributed by atoms with Crippen molar-refractivity contribution in [3.8, 4) is 0 Å². The van der Waals surface area contributed by atoms with Gasteiger partial charge in [0.25, 0.3) is 0 Å². The first-order valence-corrected chi connectivity index (χ1v) is 6.78. The van der Waals surface area contributed by atoms with Gasteiger partial charge in [0.15, 0.2) is 0 Å². The van der Waals surface area contributed by atoms with E-state index in [4.69, 9.17) is 33.7 Å². The largest absolute Gasteiger partial charge is 0.380 e. The molecule has 0 aliphatic rings. The molecular formula is C13H20Cl2N2O. The molecule has 1 atom stereocenters. The Kier molecular flexibility index (Phi) is 6.97. The van der Waals surface area contributed by atoms with Gasteiger partial charge in [-0.2, -0.15) is 0 Å². The molecule has 0 aromatic heterocycles. The number of nitrogens with zero attached hydrogens (tertiary/aromatic N) is 1. The van der Waals surface area contributed by atoms with Crippen molar-refractivity contribution in [3.63, 3.8) is 0 Å². The van der Waals surface area contributed by atoms with Gasteiger partial charge in [0.2, 0.25) is 0 Å². The van der Waals surface area contributed by atoms with Crippen LogP contribution in [0.25, 0.3) is 0 Å². The second kappa shape index (κ2) is 7.97. The van der Waals surface area contributed by atoms with E-state index >= 15 is 0 Å². The molecule has 18 heavy (non-hydrogen) atoms. The Morgan fingerprint density at radius 2 is 2.11 bits per heavy atom. The highest BCUT2D eigenvalue weighted by Gasteiger charge is 2.18. The number of ether oxygens (including phenoxy) is 1. The van der Waals surface area contributed by atoms with Crippen LogP contribution in [0.1, 0.15) is 18.5 Å². The molecule has 1 rings (SSSR count). The molecule has 0 aliphatic heterocycles. The lowest BCUT2D eigenvalue weighted by Crippen LogP contribution is -2.33. The second-order valence-corrected chi connectivity index (χ2v) is 4.94. The van der Waals surface area contributed by atoms with E-state index in [1.807, 2.05) is 20.0 Å². The Labute approximate surface area is 119 Å². The van der Waals surface area contributed by atoms with Crippen molar-refractivity contribution >= 4 is 23.2 Å². The highest BCUT2D eigenvalue weighted by Crippen LogP contribution is 2.28. The zero-order valence-electron chi connectivity index (χ0n) is 10.8. The molecule has 3 nitrogen and oxygen atoms in total. The maximum atomic E-state index is 6.20. The summed E-state index contributed by atoms with van der Waals surface area (Å²) in [5.41, 5.74) is 6.81.